The van der Waals surface area contributed by atoms with Gasteiger partial charge in [-0.3, -0.25) is 4.57 Å². The molecule has 4 rings (SSSR count). The van der Waals surface area contributed by atoms with Gasteiger partial charge in [-0.1, -0.05) is 42.5 Å². The van der Waals surface area contributed by atoms with E-state index in [2.05, 4.69) is 23.2 Å². The predicted molar refractivity (Wildman–Crippen MR) is 103 cm³/mol. The van der Waals surface area contributed by atoms with Crippen molar-refractivity contribution in [2.75, 3.05) is 0 Å². The van der Waals surface area contributed by atoms with Gasteiger partial charge in [-0.25, -0.2) is 4.79 Å². The molecule has 0 bridgehead atoms. The molecule has 0 spiro atoms. The number of aryl methyl sites for hydroxylation is 1. The van der Waals surface area contributed by atoms with Crippen molar-refractivity contribution in [3.05, 3.63) is 87.5 Å². The zero-order valence-electron chi connectivity index (χ0n) is 14.2. The molecular formula is C21H20N2OS. The molecule has 3 nitrogen and oxygen atoms in total. The van der Waals surface area contributed by atoms with Crippen LogP contribution in [-0.2, 0) is 18.6 Å². The summed E-state index contributed by atoms with van der Waals surface area (Å²) in [4.78, 5) is 17.2. The van der Waals surface area contributed by atoms with E-state index in [0.29, 0.717) is 0 Å². The van der Waals surface area contributed by atoms with Crippen LogP contribution in [0, 0.1) is 6.92 Å². The van der Waals surface area contributed by atoms with Gasteiger partial charge in [-0.15, -0.1) is 11.8 Å². The van der Waals surface area contributed by atoms with E-state index >= 15 is 0 Å². The molecule has 0 saturated carbocycles. The Kier molecular flexibility index (Phi) is 4.45. The summed E-state index contributed by atoms with van der Waals surface area (Å²) in [6.07, 6.45) is 3.04. The van der Waals surface area contributed by atoms with Gasteiger partial charge in [0.15, 0.2) is 0 Å². The number of rotatable bonds is 4. The molecule has 0 N–H and O–H groups in total. The Bertz CT molecular complexity index is 963. The van der Waals surface area contributed by atoms with Crippen molar-refractivity contribution in [2.24, 2.45) is 0 Å². The van der Waals surface area contributed by atoms with Crippen LogP contribution in [0.4, 0.5) is 0 Å². The highest BCUT2D eigenvalue weighted by Gasteiger charge is 2.22. The smallest absolute Gasteiger partial charge is 0.265 e. The molecule has 3 aromatic rings. The summed E-state index contributed by atoms with van der Waals surface area (Å²) in [5, 5.41) is 0.908. The SMILES string of the molecule is Cc1cccc(-n2c3c(c(SCc4ccccc4)nc2=O)CCC3)c1. The van der Waals surface area contributed by atoms with Crippen LogP contribution in [0.5, 0.6) is 0 Å². The minimum Gasteiger partial charge on any atom is -0.265 e. The van der Waals surface area contributed by atoms with Gasteiger partial charge in [0, 0.05) is 17.0 Å². The topological polar surface area (TPSA) is 34.9 Å². The van der Waals surface area contributed by atoms with E-state index in [1.54, 1.807) is 11.8 Å². The Morgan fingerprint density at radius 3 is 2.72 bits per heavy atom. The van der Waals surface area contributed by atoms with Crippen molar-refractivity contribution in [1.82, 2.24) is 9.55 Å². The van der Waals surface area contributed by atoms with Crippen molar-refractivity contribution < 1.29 is 0 Å². The number of fused-ring (bicyclic) bond motifs is 1. The first kappa shape index (κ1) is 16.2. The second-order valence-electron chi connectivity index (χ2n) is 6.43. The Labute approximate surface area is 151 Å². The molecule has 0 aliphatic heterocycles. The monoisotopic (exact) mass is 348 g/mol. The van der Waals surface area contributed by atoms with E-state index < -0.39 is 0 Å². The lowest BCUT2D eigenvalue weighted by molar-refractivity contribution is 0.802. The Balaban J connectivity index is 1.73. The maximum absolute atomic E-state index is 12.8. The fraction of sp³-hybridized carbons (Fsp3) is 0.238. The minimum atomic E-state index is -0.165. The van der Waals surface area contributed by atoms with E-state index in [9.17, 15) is 4.79 Å². The summed E-state index contributed by atoms with van der Waals surface area (Å²) in [5.74, 6) is 0.841. The van der Waals surface area contributed by atoms with E-state index in [0.717, 1.165) is 47.0 Å². The Hall–Kier alpha value is -2.33. The average Bonchev–Trinajstić information content (AvgIpc) is 3.10. The van der Waals surface area contributed by atoms with Crippen LogP contribution < -0.4 is 5.69 Å². The summed E-state index contributed by atoms with van der Waals surface area (Å²) in [7, 11) is 0. The largest absolute Gasteiger partial charge is 0.353 e. The molecule has 0 radical (unpaired) electrons. The quantitative estimate of drug-likeness (QED) is 0.520. The van der Waals surface area contributed by atoms with Crippen LogP contribution in [0.25, 0.3) is 5.69 Å². The summed E-state index contributed by atoms with van der Waals surface area (Å²) < 4.78 is 1.81. The van der Waals surface area contributed by atoms with Crippen molar-refractivity contribution in [3.8, 4) is 5.69 Å². The number of thioether (sulfide) groups is 1. The van der Waals surface area contributed by atoms with Crippen LogP contribution in [-0.4, -0.2) is 9.55 Å². The van der Waals surface area contributed by atoms with Gasteiger partial charge in [-0.05, 0) is 49.4 Å². The first-order valence-corrected chi connectivity index (χ1v) is 9.59. The zero-order valence-corrected chi connectivity index (χ0v) is 15.1. The predicted octanol–water partition coefficient (Wildman–Crippen LogP) is 4.32. The van der Waals surface area contributed by atoms with E-state index in [-0.39, 0.29) is 5.69 Å². The maximum atomic E-state index is 12.8. The van der Waals surface area contributed by atoms with Crippen molar-refractivity contribution in [3.63, 3.8) is 0 Å². The molecule has 1 aliphatic rings. The standard InChI is InChI=1S/C21H20N2OS/c1-15-7-5-10-17(13-15)23-19-12-6-11-18(19)20(22-21(23)24)25-14-16-8-3-2-4-9-16/h2-5,7-10,13H,6,11-12,14H2,1H3. The molecule has 1 aliphatic carbocycles. The number of hydrogen-bond donors (Lipinski definition) is 0. The van der Waals surface area contributed by atoms with E-state index in [4.69, 9.17) is 0 Å². The highest BCUT2D eigenvalue weighted by molar-refractivity contribution is 7.98. The molecule has 126 valence electrons. The molecule has 0 amide bonds. The second kappa shape index (κ2) is 6.89. The highest BCUT2D eigenvalue weighted by Crippen LogP contribution is 2.32. The fourth-order valence-electron chi connectivity index (χ4n) is 3.40. The molecule has 0 unspecified atom stereocenters. The normalized spacial score (nSPS) is 13.0. The molecule has 0 fully saturated rings. The average molecular weight is 348 g/mol. The van der Waals surface area contributed by atoms with E-state index in [1.165, 1.54) is 11.1 Å². The number of benzene rings is 2. The number of aromatic nitrogens is 2. The van der Waals surface area contributed by atoms with Crippen LogP contribution in [0.2, 0.25) is 0 Å². The van der Waals surface area contributed by atoms with Gasteiger partial charge in [0.2, 0.25) is 0 Å². The van der Waals surface area contributed by atoms with Crippen LogP contribution in [0.3, 0.4) is 0 Å². The maximum Gasteiger partial charge on any atom is 0.353 e. The third-order valence-electron chi connectivity index (χ3n) is 4.58. The van der Waals surface area contributed by atoms with Gasteiger partial charge >= 0.3 is 5.69 Å². The Morgan fingerprint density at radius 1 is 1.08 bits per heavy atom. The Morgan fingerprint density at radius 2 is 1.92 bits per heavy atom. The van der Waals surface area contributed by atoms with Gasteiger partial charge in [0.25, 0.3) is 0 Å². The molecular weight excluding hydrogens is 328 g/mol. The van der Waals surface area contributed by atoms with Crippen molar-refractivity contribution in [1.29, 1.82) is 0 Å². The lowest BCUT2D eigenvalue weighted by Gasteiger charge is -2.14. The molecule has 2 aromatic carbocycles. The van der Waals surface area contributed by atoms with Gasteiger partial charge < -0.3 is 0 Å². The van der Waals surface area contributed by atoms with Gasteiger partial charge in [0.1, 0.15) is 5.03 Å². The lowest BCUT2D eigenvalue weighted by atomic mass is 10.2. The van der Waals surface area contributed by atoms with Crippen LogP contribution in [0.15, 0.2) is 64.4 Å². The van der Waals surface area contributed by atoms with Crippen LogP contribution in [0.1, 0.15) is 28.8 Å². The van der Waals surface area contributed by atoms with E-state index in [1.807, 2.05) is 47.9 Å². The molecule has 0 atom stereocenters. The number of nitrogens with zero attached hydrogens (tertiary/aromatic N) is 2. The molecule has 4 heteroatoms. The third-order valence-corrected chi connectivity index (χ3v) is 5.67. The zero-order chi connectivity index (χ0) is 17.2. The van der Waals surface area contributed by atoms with Crippen molar-refractivity contribution >= 4 is 11.8 Å². The lowest BCUT2D eigenvalue weighted by Crippen LogP contribution is -2.25. The molecule has 1 heterocycles. The fourth-order valence-corrected chi connectivity index (χ4v) is 4.44. The first-order chi connectivity index (χ1) is 12.2. The second-order valence-corrected chi connectivity index (χ2v) is 7.39. The highest BCUT2D eigenvalue weighted by atomic mass is 32.2. The summed E-state index contributed by atoms with van der Waals surface area (Å²) in [6, 6.07) is 18.4. The summed E-state index contributed by atoms with van der Waals surface area (Å²) in [6.45, 7) is 2.05. The first-order valence-electron chi connectivity index (χ1n) is 8.61. The van der Waals surface area contributed by atoms with Gasteiger partial charge in [0.05, 0.1) is 5.69 Å². The minimum absolute atomic E-state index is 0.165. The number of hydrogen-bond acceptors (Lipinski definition) is 3. The molecule has 1 aromatic heterocycles. The summed E-state index contributed by atoms with van der Waals surface area (Å²) >= 11 is 1.68. The van der Waals surface area contributed by atoms with Gasteiger partial charge in [-0.2, -0.15) is 4.98 Å². The van der Waals surface area contributed by atoms with Crippen molar-refractivity contribution in [2.45, 2.75) is 37.0 Å². The van der Waals surface area contributed by atoms with Crippen LogP contribution >= 0.6 is 11.8 Å². The molecule has 25 heavy (non-hydrogen) atoms. The molecule has 0 saturated heterocycles. The summed E-state index contributed by atoms with van der Waals surface area (Å²) in [5.41, 5.74) is 5.56. The third kappa shape index (κ3) is 3.27.